The second-order valence-electron chi connectivity index (χ2n) is 4.38. The Labute approximate surface area is 128 Å². The zero-order chi connectivity index (χ0) is 14.5. The Morgan fingerprint density at radius 2 is 1.80 bits per heavy atom. The smallest absolute Gasteiger partial charge is 0.127 e. The van der Waals surface area contributed by atoms with Gasteiger partial charge in [0.05, 0.1) is 7.11 Å². The minimum atomic E-state index is -0.160. The molecule has 0 bridgehead atoms. The summed E-state index contributed by atoms with van der Waals surface area (Å²) in [5.41, 5.74) is 1.69. The molecule has 0 saturated carbocycles. The van der Waals surface area contributed by atoms with Crippen molar-refractivity contribution in [1.29, 1.82) is 0 Å². The van der Waals surface area contributed by atoms with Crippen molar-refractivity contribution in [3.05, 3.63) is 57.6 Å². The van der Waals surface area contributed by atoms with Gasteiger partial charge in [0.25, 0.3) is 0 Å². The molecule has 0 radical (unpaired) electrons. The summed E-state index contributed by atoms with van der Waals surface area (Å²) in [6.07, 6.45) is 0. The van der Waals surface area contributed by atoms with Gasteiger partial charge >= 0.3 is 0 Å². The number of rotatable bonds is 5. The van der Waals surface area contributed by atoms with Gasteiger partial charge in [-0.3, -0.25) is 0 Å². The molecule has 0 aromatic heterocycles. The molecule has 2 aromatic rings. The van der Waals surface area contributed by atoms with E-state index in [0.717, 1.165) is 11.3 Å². The molecular weight excluding hydrogens is 297 g/mol. The van der Waals surface area contributed by atoms with Crippen LogP contribution in [0.15, 0.2) is 36.4 Å². The summed E-state index contributed by atoms with van der Waals surface area (Å²) in [5.74, 6) is 0.683. The lowest BCUT2D eigenvalue weighted by molar-refractivity contribution is -0.686. The van der Waals surface area contributed by atoms with E-state index in [1.807, 2.05) is 29.6 Å². The van der Waals surface area contributed by atoms with E-state index in [9.17, 15) is 5.11 Å². The first kappa shape index (κ1) is 15.0. The third-order valence-corrected chi connectivity index (χ3v) is 3.51. The molecule has 2 rings (SSSR count). The molecule has 0 saturated heterocycles. The molecule has 0 amide bonds. The fourth-order valence-electron chi connectivity index (χ4n) is 2.02. The van der Waals surface area contributed by atoms with Crippen LogP contribution >= 0.6 is 23.2 Å². The fraction of sp³-hybridized carbons (Fsp3) is 0.200. The van der Waals surface area contributed by atoms with Gasteiger partial charge in [-0.05, 0) is 24.3 Å². The van der Waals surface area contributed by atoms with E-state index in [1.165, 1.54) is 6.07 Å². The number of quaternary nitrogens is 1. The SMILES string of the molecule is COc1ccccc1C[NH2+]Cc1cc(Cl)cc(Cl)c1[O-]. The highest BCUT2D eigenvalue weighted by molar-refractivity contribution is 6.35. The molecule has 0 heterocycles. The Bertz CT molecular complexity index is 602. The maximum Gasteiger partial charge on any atom is 0.127 e. The van der Waals surface area contributed by atoms with Gasteiger partial charge in [0.15, 0.2) is 0 Å². The van der Waals surface area contributed by atoms with Crippen molar-refractivity contribution in [2.75, 3.05) is 7.11 Å². The molecule has 3 nitrogen and oxygen atoms in total. The van der Waals surface area contributed by atoms with Crippen LogP contribution in [0.2, 0.25) is 10.0 Å². The highest BCUT2D eigenvalue weighted by atomic mass is 35.5. The lowest BCUT2D eigenvalue weighted by atomic mass is 10.1. The number of ether oxygens (including phenoxy) is 1. The molecule has 20 heavy (non-hydrogen) atoms. The average Bonchev–Trinajstić information content (AvgIpc) is 2.44. The summed E-state index contributed by atoms with van der Waals surface area (Å²) >= 11 is 11.7. The molecule has 0 aliphatic rings. The summed E-state index contributed by atoms with van der Waals surface area (Å²) in [7, 11) is 1.64. The Kier molecular flexibility index (Phi) is 5.12. The van der Waals surface area contributed by atoms with Crippen LogP contribution in [0.1, 0.15) is 11.1 Å². The first-order valence-corrected chi connectivity index (χ1v) is 6.96. The van der Waals surface area contributed by atoms with Crippen LogP contribution in [0.4, 0.5) is 0 Å². The third-order valence-electron chi connectivity index (χ3n) is 3.01. The van der Waals surface area contributed by atoms with Crippen LogP contribution in [0.25, 0.3) is 0 Å². The summed E-state index contributed by atoms with van der Waals surface area (Å²) in [6, 6.07) is 10.9. The highest BCUT2D eigenvalue weighted by Gasteiger charge is 2.06. The van der Waals surface area contributed by atoms with Crippen LogP contribution in [0, 0.1) is 0 Å². The normalized spacial score (nSPS) is 10.6. The molecule has 106 valence electrons. The second kappa shape index (κ2) is 6.84. The first-order chi connectivity index (χ1) is 9.61. The van der Waals surface area contributed by atoms with Crippen molar-refractivity contribution in [3.63, 3.8) is 0 Å². The van der Waals surface area contributed by atoms with E-state index < -0.39 is 0 Å². The summed E-state index contributed by atoms with van der Waals surface area (Å²) < 4.78 is 5.29. The minimum Gasteiger partial charge on any atom is -0.871 e. The van der Waals surface area contributed by atoms with Crippen LogP contribution in [-0.2, 0) is 13.1 Å². The van der Waals surface area contributed by atoms with Crippen molar-refractivity contribution in [1.82, 2.24) is 0 Å². The molecule has 0 aliphatic carbocycles. The monoisotopic (exact) mass is 311 g/mol. The van der Waals surface area contributed by atoms with Gasteiger partial charge in [-0.1, -0.05) is 41.1 Å². The summed E-state index contributed by atoms with van der Waals surface area (Å²) in [4.78, 5) is 0. The predicted octanol–water partition coefficient (Wildman–Crippen LogP) is 2.34. The zero-order valence-corrected chi connectivity index (χ0v) is 12.5. The molecular formula is C15H15Cl2NO2. The van der Waals surface area contributed by atoms with Gasteiger partial charge < -0.3 is 15.2 Å². The lowest BCUT2D eigenvalue weighted by Gasteiger charge is -2.15. The molecule has 5 heteroatoms. The third kappa shape index (κ3) is 3.57. The highest BCUT2D eigenvalue weighted by Crippen LogP contribution is 2.28. The summed E-state index contributed by atoms with van der Waals surface area (Å²) in [5, 5.41) is 14.5. The molecule has 0 atom stereocenters. The van der Waals surface area contributed by atoms with Gasteiger partial charge in [0.2, 0.25) is 0 Å². The Balaban J connectivity index is 2.03. The van der Waals surface area contributed by atoms with Gasteiger partial charge in [-0.15, -0.1) is 0 Å². The second-order valence-corrected chi connectivity index (χ2v) is 5.23. The minimum absolute atomic E-state index is 0.160. The Hall–Kier alpha value is -1.42. The number of methoxy groups -OCH3 is 1. The first-order valence-electron chi connectivity index (χ1n) is 6.20. The van der Waals surface area contributed by atoms with Crippen LogP contribution in [-0.4, -0.2) is 7.11 Å². The number of nitrogens with two attached hydrogens (primary N) is 1. The number of halogens is 2. The Morgan fingerprint density at radius 3 is 2.55 bits per heavy atom. The maximum absolute atomic E-state index is 11.9. The van der Waals surface area contributed by atoms with Gasteiger partial charge in [0.1, 0.15) is 18.8 Å². The van der Waals surface area contributed by atoms with E-state index in [4.69, 9.17) is 27.9 Å². The standard InChI is InChI=1S/C15H15Cl2NO2/c1-20-14-5-3-2-4-10(14)8-18-9-11-6-12(16)7-13(17)15(11)19/h2-7,18-19H,8-9H2,1H3. The van der Waals surface area contributed by atoms with Crippen molar-refractivity contribution >= 4 is 23.2 Å². The summed E-state index contributed by atoms with van der Waals surface area (Å²) in [6.45, 7) is 1.24. The zero-order valence-electron chi connectivity index (χ0n) is 11.0. The topological polar surface area (TPSA) is 48.9 Å². The van der Waals surface area contributed by atoms with E-state index in [1.54, 1.807) is 13.2 Å². The predicted molar refractivity (Wildman–Crippen MR) is 78.2 cm³/mol. The van der Waals surface area contributed by atoms with Gasteiger partial charge in [-0.25, -0.2) is 0 Å². The molecule has 0 spiro atoms. The molecule has 0 fully saturated rings. The van der Waals surface area contributed by atoms with E-state index in [-0.39, 0.29) is 10.8 Å². The fourth-order valence-corrected chi connectivity index (χ4v) is 2.56. The number of hydrogen-bond donors (Lipinski definition) is 1. The number of benzene rings is 2. The van der Waals surface area contributed by atoms with Gasteiger partial charge in [-0.2, -0.15) is 0 Å². The van der Waals surface area contributed by atoms with E-state index in [0.29, 0.717) is 23.7 Å². The molecule has 0 unspecified atom stereocenters. The lowest BCUT2D eigenvalue weighted by Crippen LogP contribution is -2.80. The van der Waals surface area contributed by atoms with E-state index >= 15 is 0 Å². The molecule has 0 aliphatic heterocycles. The van der Waals surface area contributed by atoms with Crippen molar-refractivity contribution in [3.8, 4) is 11.5 Å². The van der Waals surface area contributed by atoms with E-state index in [2.05, 4.69) is 0 Å². The molecule has 2 aromatic carbocycles. The number of para-hydroxylation sites is 1. The Morgan fingerprint density at radius 1 is 1.10 bits per heavy atom. The van der Waals surface area contributed by atoms with Gasteiger partial charge in [0, 0.05) is 21.2 Å². The maximum atomic E-state index is 11.9. The average molecular weight is 312 g/mol. The van der Waals surface area contributed by atoms with Crippen LogP contribution in [0.5, 0.6) is 11.5 Å². The van der Waals surface area contributed by atoms with Crippen molar-refractivity contribution in [2.24, 2.45) is 0 Å². The van der Waals surface area contributed by atoms with Crippen LogP contribution < -0.4 is 15.2 Å². The quantitative estimate of drug-likeness (QED) is 0.921. The largest absolute Gasteiger partial charge is 0.871 e. The molecule has 2 N–H and O–H groups in total. The number of hydrogen-bond acceptors (Lipinski definition) is 2. The van der Waals surface area contributed by atoms with Crippen molar-refractivity contribution in [2.45, 2.75) is 13.1 Å². The van der Waals surface area contributed by atoms with Crippen LogP contribution in [0.3, 0.4) is 0 Å². The van der Waals surface area contributed by atoms with Crippen molar-refractivity contribution < 1.29 is 15.2 Å².